The molecular formula is C12H19NO2S. The zero-order valence-electron chi connectivity index (χ0n) is 10.1. The van der Waals surface area contributed by atoms with Crippen LogP contribution in [0.5, 0.6) is 11.5 Å². The summed E-state index contributed by atoms with van der Waals surface area (Å²) in [5.41, 5.74) is 6.67. The zero-order chi connectivity index (χ0) is 12.0. The van der Waals surface area contributed by atoms with E-state index in [1.807, 2.05) is 18.4 Å². The third-order valence-electron chi connectivity index (χ3n) is 2.44. The smallest absolute Gasteiger partial charge is 0.132 e. The maximum atomic E-state index is 5.52. The summed E-state index contributed by atoms with van der Waals surface area (Å²) in [5.74, 6) is 1.82. The summed E-state index contributed by atoms with van der Waals surface area (Å²) in [5, 5.41) is 0. The van der Waals surface area contributed by atoms with Gasteiger partial charge in [-0.05, 0) is 43.3 Å². The van der Waals surface area contributed by atoms with Gasteiger partial charge in [-0.2, -0.15) is 0 Å². The van der Waals surface area contributed by atoms with Crippen molar-refractivity contribution in [2.75, 3.05) is 27.0 Å². The molecule has 1 rings (SSSR count). The molecule has 0 amide bonds. The monoisotopic (exact) mass is 241 g/mol. The highest BCUT2D eigenvalue weighted by Crippen LogP contribution is 2.34. The number of methoxy groups -OCH3 is 2. The van der Waals surface area contributed by atoms with Crippen LogP contribution in [-0.2, 0) is 6.42 Å². The van der Waals surface area contributed by atoms with Crippen molar-refractivity contribution in [3.05, 3.63) is 17.7 Å². The lowest BCUT2D eigenvalue weighted by atomic mass is 10.1. The Morgan fingerprint density at radius 2 is 1.88 bits per heavy atom. The molecule has 0 spiro atoms. The van der Waals surface area contributed by atoms with Crippen molar-refractivity contribution in [1.82, 2.24) is 0 Å². The van der Waals surface area contributed by atoms with E-state index < -0.39 is 0 Å². The number of nitrogens with two attached hydrogens (primary N) is 1. The minimum Gasteiger partial charge on any atom is -0.496 e. The van der Waals surface area contributed by atoms with E-state index in [-0.39, 0.29) is 0 Å². The van der Waals surface area contributed by atoms with Crippen LogP contribution >= 0.6 is 11.8 Å². The molecule has 4 heteroatoms. The van der Waals surface area contributed by atoms with Crippen molar-refractivity contribution in [3.63, 3.8) is 0 Å². The van der Waals surface area contributed by atoms with E-state index in [0.717, 1.165) is 34.8 Å². The first-order valence-electron chi connectivity index (χ1n) is 5.25. The summed E-state index contributed by atoms with van der Waals surface area (Å²) >= 11 is 1.65. The van der Waals surface area contributed by atoms with Gasteiger partial charge in [-0.3, -0.25) is 0 Å². The summed E-state index contributed by atoms with van der Waals surface area (Å²) in [6.45, 7) is 0.690. The highest BCUT2D eigenvalue weighted by molar-refractivity contribution is 7.98. The van der Waals surface area contributed by atoms with Gasteiger partial charge in [0.05, 0.1) is 19.1 Å². The second kappa shape index (κ2) is 6.66. The van der Waals surface area contributed by atoms with E-state index >= 15 is 0 Å². The second-order valence-electron chi connectivity index (χ2n) is 3.41. The molecule has 0 heterocycles. The molecule has 0 bridgehead atoms. The highest BCUT2D eigenvalue weighted by Gasteiger charge is 2.10. The van der Waals surface area contributed by atoms with E-state index in [1.165, 1.54) is 0 Å². The third-order valence-corrected chi connectivity index (χ3v) is 3.20. The maximum absolute atomic E-state index is 5.52. The van der Waals surface area contributed by atoms with Crippen molar-refractivity contribution >= 4 is 11.8 Å². The lowest BCUT2D eigenvalue weighted by Crippen LogP contribution is -2.02. The van der Waals surface area contributed by atoms with Crippen molar-refractivity contribution in [1.29, 1.82) is 0 Å². The third kappa shape index (κ3) is 3.06. The van der Waals surface area contributed by atoms with Crippen LogP contribution < -0.4 is 15.2 Å². The molecule has 0 aromatic heterocycles. The molecule has 2 N–H and O–H groups in total. The van der Waals surface area contributed by atoms with Crippen LogP contribution in [0.4, 0.5) is 0 Å². The summed E-state index contributed by atoms with van der Waals surface area (Å²) in [6.07, 6.45) is 3.90. The van der Waals surface area contributed by atoms with Gasteiger partial charge in [-0.25, -0.2) is 0 Å². The van der Waals surface area contributed by atoms with Gasteiger partial charge in [0.25, 0.3) is 0 Å². The Labute approximate surface area is 101 Å². The largest absolute Gasteiger partial charge is 0.496 e. The van der Waals surface area contributed by atoms with Crippen LogP contribution in [-0.4, -0.2) is 27.0 Å². The maximum Gasteiger partial charge on any atom is 0.132 e. The Kier molecular flexibility index (Phi) is 5.49. The topological polar surface area (TPSA) is 44.5 Å². The quantitative estimate of drug-likeness (QED) is 0.776. The van der Waals surface area contributed by atoms with Crippen molar-refractivity contribution < 1.29 is 9.47 Å². The van der Waals surface area contributed by atoms with E-state index in [1.54, 1.807) is 26.0 Å². The number of ether oxygens (including phenoxy) is 2. The second-order valence-corrected chi connectivity index (χ2v) is 4.26. The van der Waals surface area contributed by atoms with Gasteiger partial charge in [-0.15, -0.1) is 11.8 Å². The lowest BCUT2D eigenvalue weighted by molar-refractivity contribution is 0.390. The molecule has 0 aliphatic carbocycles. The average molecular weight is 241 g/mol. The van der Waals surface area contributed by atoms with E-state index in [0.29, 0.717) is 6.54 Å². The SMILES string of the molecule is COc1cc(SC)c(OC)cc1CCCN. The lowest BCUT2D eigenvalue weighted by Gasteiger charge is -2.13. The van der Waals surface area contributed by atoms with E-state index in [4.69, 9.17) is 15.2 Å². The van der Waals surface area contributed by atoms with E-state index in [9.17, 15) is 0 Å². The number of hydrogen-bond acceptors (Lipinski definition) is 4. The van der Waals surface area contributed by atoms with Gasteiger partial charge in [0.1, 0.15) is 11.5 Å². The van der Waals surface area contributed by atoms with Crippen molar-refractivity contribution in [2.45, 2.75) is 17.7 Å². The first-order chi connectivity index (χ1) is 7.76. The van der Waals surface area contributed by atoms with Crippen LogP contribution in [0.2, 0.25) is 0 Å². The molecule has 0 atom stereocenters. The van der Waals surface area contributed by atoms with Crippen LogP contribution in [0, 0.1) is 0 Å². The number of rotatable bonds is 6. The Bertz CT molecular complexity index is 342. The fourth-order valence-electron chi connectivity index (χ4n) is 1.58. The molecule has 0 radical (unpaired) electrons. The van der Waals surface area contributed by atoms with Crippen molar-refractivity contribution in [2.24, 2.45) is 5.73 Å². The average Bonchev–Trinajstić information content (AvgIpc) is 2.35. The molecular weight excluding hydrogens is 222 g/mol. The summed E-state index contributed by atoms with van der Waals surface area (Å²) < 4.78 is 10.7. The molecule has 0 aliphatic heterocycles. The van der Waals surface area contributed by atoms with Crippen LogP contribution in [0.15, 0.2) is 17.0 Å². The van der Waals surface area contributed by atoms with Gasteiger partial charge < -0.3 is 15.2 Å². The molecule has 90 valence electrons. The first-order valence-corrected chi connectivity index (χ1v) is 6.48. The number of thioether (sulfide) groups is 1. The Morgan fingerprint density at radius 3 is 2.38 bits per heavy atom. The molecule has 16 heavy (non-hydrogen) atoms. The van der Waals surface area contributed by atoms with Crippen LogP contribution in [0.25, 0.3) is 0 Å². The molecule has 1 aromatic carbocycles. The summed E-state index contributed by atoms with van der Waals surface area (Å²) in [6, 6.07) is 4.07. The summed E-state index contributed by atoms with van der Waals surface area (Å²) in [4.78, 5) is 1.09. The summed E-state index contributed by atoms with van der Waals surface area (Å²) in [7, 11) is 3.38. The molecule has 1 aromatic rings. The van der Waals surface area contributed by atoms with Gasteiger partial charge in [-0.1, -0.05) is 0 Å². The van der Waals surface area contributed by atoms with Gasteiger partial charge in [0.15, 0.2) is 0 Å². The first kappa shape index (κ1) is 13.2. The fourth-order valence-corrected chi connectivity index (χ4v) is 2.15. The Morgan fingerprint density at radius 1 is 1.19 bits per heavy atom. The molecule has 0 saturated carbocycles. The molecule has 0 aliphatic rings. The predicted octanol–water partition coefficient (Wildman–Crippen LogP) is 2.32. The minimum atomic E-state index is 0.690. The number of aryl methyl sites for hydroxylation is 1. The fraction of sp³-hybridized carbons (Fsp3) is 0.500. The molecule has 0 fully saturated rings. The zero-order valence-corrected chi connectivity index (χ0v) is 10.9. The standard InChI is InChI=1S/C12H19NO2S/c1-14-10-8-12(16-3)11(15-2)7-9(10)5-4-6-13/h7-8H,4-6,13H2,1-3H3. The van der Waals surface area contributed by atoms with Gasteiger partial charge in [0, 0.05) is 0 Å². The van der Waals surface area contributed by atoms with Gasteiger partial charge >= 0.3 is 0 Å². The molecule has 0 saturated heterocycles. The highest BCUT2D eigenvalue weighted by atomic mass is 32.2. The van der Waals surface area contributed by atoms with E-state index in [2.05, 4.69) is 0 Å². The van der Waals surface area contributed by atoms with Crippen molar-refractivity contribution in [3.8, 4) is 11.5 Å². The normalized spacial score (nSPS) is 10.2. The predicted molar refractivity (Wildman–Crippen MR) is 68.7 cm³/mol. The van der Waals surface area contributed by atoms with Gasteiger partial charge in [0.2, 0.25) is 0 Å². The number of hydrogen-bond donors (Lipinski definition) is 1. The Balaban J connectivity index is 3.05. The Hall–Kier alpha value is -0.870. The minimum absolute atomic E-state index is 0.690. The molecule has 3 nitrogen and oxygen atoms in total. The molecule has 0 unspecified atom stereocenters. The van der Waals surface area contributed by atoms with Crippen LogP contribution in [0.1, 0.15) is 12.0 Å². The number of benzene rings is 1. The van der Waals surface area contributed by atoms with Crippen LogP contribution in [0.3, 0.4) is 0 Å².